The Hall–Kier alpha value is -2.17. The summed E-state index contributed by atoms with van der Waals surface area (Å²) in [5.41, 5.74) is 4.72. The first-order valence-corrected chi connectivity index (χ1v) is 8.06. The number of pyridine rings is 2. The monoisotopic (exact) mass is 321 g/mol. The predicted molar refractivity (Wildman–Crippen MR) is 95.5 cm³/mol. The molecule has 0 radical (unpaired) electrons. The van der Waals surface area contributed by atoms with Crippen LogP contribution in [0.3, 0.4) is 0 Å². The van der Waals surface area contributed by atoms with Gasteiger partial charge < -0.3 is 5.32 Å². The van der Waals surface area contributed by atoms with E-state index in [2.05, 4.69) is 52.2 Å². The van der Waals surface area contributed by atoms with Crippen LogP contribution in [0.2, 0.25) is 0 Å². The first-order chi connectivity index (χ1) is 11.3. The van der Waals surface area contributed by atoms with E-state index in [1.807, 2.05) is 36.7 Å². The Bertz CT molecular complexity index is 745. The highest BCUT2D eigenvalue weighted by molar-refractivity contribution is 7.80. The van der Waals surface area contributed by atoms with Crippen LogP contribution in [0.1, 0.15) is 22.4 Å². The van der Waals surface area contributed by atoms with Crippen LogP contribution in [0.15, 0.2) is 72.0 Å². The van der Waals surface area contributed by atoms with Crippen LogP contribution >= 0.6 is 12.6 Å². The Labute approximate surface area is 142 Å². The molecule has 116 valence electrons. The topological polar surface area (TPSA) is 37.8 Å². The predicted octanol–water partition coefficient (Wildman–Crippen LogP) is 3.65. The van der Waals surface area contributed by atoms with Crippen molar-refractivity contribution in [2.75, 3.05) is 0 Å². The molecule has 3 rings (SSSR count). The largest absolute Gasteiger partial charge is 0.307 e. The van der Waals surface area contributed by atoms with Gasteiger partial charge >= 0.3 is 0 Å². The van der Waals surface area contributed by atoms with Crippen LogP contribution in [0.4, 0.5) is 0 Å². The summed E-state index contributed by atoms with van der Waals surface area (Å²) in [6, 6.07) is 16.4. The number of hydrogen-bond acceptors (Lipinski definition) is 4. The molecule has 0 saturated carbocycles. The van der Waals surface area contributed by atoms with Crippen molar-refractivity contribution in [3.63, 3.8) is 0 Å². The highest BCUT2D eigenvalue weighted by Gasteiger charge is 2.03. The minimum atomic E-state index is 0.751. The summed E-state index contributed by atoms with van der Waals surface area (Å²) in [5.74, 6) is 0. The SMILES string of the molecule is Sc1ccc(Cc2cccnc2)cc1CNCc1ccccn1. The van der Waals surface area contributed by atoms with Crippen LogP contribution in [0.25, 0.3) is 0 Å². The molecule has 0 atom stereocenters. The van der Waals surface area contributed by atoms with Crippen LogP contribution in [-0.4, -0.2) is 9.97 Å². The van der Waals surface area contributed by atoms with Gasteiger partial charge in [0.05, 0.1) is 5.69 Å². The first kappa shape index (κ1) is 15.7. The fourth-order valence-electron chi connectivity index (χ4n) is 2.46. The average Bonchev–Trinajstić information content (AvgIpc) is 2.59. The highest BCUT2D eigenvalue weighted by atomic mass is 32.1. The normalized spacial score (nSPS) is 10.7. The van der Waals surface area contributed by atoms with Gasteiger partial charge in [-0.2, -0.15) is 0 Å². The smallest absolute Gasteiger partial charge is 0.0541 e. The van der Waals surface area contributed by atoms with E-state index in [9.17, 15) is 0 Å². The zero-order valence-electron chi connectivity index (χ0n) is 12.8. The Balaban J connectivity index is 1.63. The number of nitrogens with zero attached hydrogens (tertiary/aromatic N) is 2. The molecule has 3 aromatic rings. The molecule has 2 aromatic heterocycles. The maximum Gasteiger partial charge on any atom is 0.0541 e. The molecule has 1 N–H and O–H groups in total. The molecule has 0 bridgehead atoms. The van der Waals surface area contributed by atoms with Gasteiger partial charge in [-0.3, -0.25) is 9.97 Å². The quantitative estimate of drug-likeness (QED) is 0.681. The zero-order valence-corrected chi connectivity index (χ0v) is 13.7. The molecule has 1 aromatic carbocycles. The lowest BCUT2D eigenvalue weighted by atomic mass is 10.0. The first-order valence-electron chi connectivity index (χ1n) is 7.61. The van der Waals surface area contributed by atoms with Gasteiger partial charge in [0.1, 0.15) is 0 Å². The molecule has 0 fully saturated rings. The van der Waals surface area contributed by atoms with Gasteiger partial charge in [0.15, 0.2) is 0 Å². The van der Waals surface area contributed by atoms with Gasteiger partial charge in [0.2, 0.25) is 0 Å². The van der Waals surface area contributed by atoms with Crippen molar-refractivity contribution >= 4 is 12.6 Å². The van der Waals surface area contributed by atoms with E-state index in [-0.39, 0.29) is 0 Å². The van der Waals surface area contributed by atoms with Gasteiger partial charge in [0.25, 0.3) is 0 Å². The number of rotatable bonds is 6. The molecule has 0 saturated heterocycles. The van der Waals surface area contributed by atoms with E-state index >= 15 is 0 Å². The maximum atomic E-state index is 4.56. The van der Waals surface area contributed by atoms with Crippen molar-refractivity contribution in [2.45, 2.75) is 24.4 Å². The Morgan fingerprint density at radius 2 is 1.87 bits per heavy atom. The minimum absolute atomic E-state index is 0.751. The van der Waals surface area contributed by atoms with Gasteiger partial charge in [-0.1, -0.05) is 24.3 Å². The maximum absolute atomic E-state index is 4.56. The number of nitrogens with one attached hydrogen (secondary N) is 1. The second kappa shape index (κ2) is 7.90. The van der Waals surface area contributed by atoms with Crippen molar-refractivity contribution in [3.05, 3.63) is 89.5 Å². The van der Waals surface area contributed by atoms with Gasteiger partial charge in [-0.15, -0.1) is 12.6 Å². The molecule has 0 aliphatic rings. The second-order valence-corrected chi connectivity index (χ2v) is 5.91. The lowest BCUT2D eigenvalue weighted by Gasteiger charge is -2.10. The van der Waals surface area contributed by atoms with Crippen molar-refractivity contribution in [1.29, 1.82) is 0 Å². The van der Waals surface area contributed by atoms with Crippen LogP contribution in [0.5, 0.6) is 0 Å². The molecule has 0 amide bonds. The standard InChI is InChI=1S/C19H19N3S/c23-19-7-6-15(10-16-4-3-8-20-12-16)11-17(19)13-21-14-18-5-1-2-9-22-18/h1-9,11-12,21,23H,10,13-14H2. The lowest BCUT2D eigenvalue weighted by molar-refractivity contribution is 0.672. The van der Waals surface area contributed by atoms with E-state index < -0.39 is 0 Å². The van der Waals surface area contributed by atoms with E-state index in [0.29, 0.717) is 0 Å². The van der Waals surface area contributed by atoms with Crippen LogP contribution in [0, 0.1) is 0 Å². The zero-order chi connectivity index (χ0) is 15.9. The van der Waals surface area contributed by atoms with Gasteiger partial charge in [0, 0.05) is 36.6 Å². The molecule has 0 spiro atoms. The lowest BCUT2D eigenvalue weighted by Crippen LogP contribution is -2.14. The molecule has 4 heteroatoms. The molecule has 2 heterocycles. The van der Waals surface area contributed by atoms with Crippen molar-refractivity contribution < 1.29 is 0 Å². The fraction of sp³-hybridized carbons (Fsp3) is 0.158. The van der Waals surface area contributed by atoms with Crippen molar-refractivity contribution in [3.8, 4) is 0 Å². The van der Waals surface area contributed by atoms with Gasteiger partial charge in [-0.25, -0.2) is 0 Å². The van der Waals surface area contributed by atoms with Crippen LogP contribution < -0.4 is 5.32 Å². The van der Waals surface area contributed by atoms with Gasteiger partial charge in [-0.05, 0) is 47.4 Å². The number of hydrogen-bond donors (Lipinski definition) is 2. The third kappa shape index (κ3) is 4.65. The van der Waals surface area contributed by atoms with Crippen molar-refractivity contribution in [2.24, 2.45) is 0 Å². The Kier molecular flexibility index (Phi) is 5.40. The molecular weight excluding hydrogens is 302 g/mol. The number of benzene rings is 1. The summed E-state index contributed by atoms with van der Waals surface area (Å²) in [4.78, 5) is 9.49. The summed E-state index contributed by atoms with van der Waals surface area (Å²) in [5, 5.41) is 3.43. The fourth-order valence-corrected chi connectivity index (χ4v) is 2.67. The summed E-state index contributed by atoms with van der Waals surface area (Å²) >= 11 is 4.56. The summed E-state index contributed by atoms with van der Waals surface area (Å²) in [6.07, 6.45) is 6.41. The molecule has 0 unspecified atom stereocenters. The summed E-state index contributed by atoms with van der Waals surface area (Å²) in [6.45, 7) is 1.52. The average molecular weight is 321 g/mol. The molecule has 0 aliphatic carbocycles. The second-order valence-electron chi connectivity index (χ2n) is 5.43. The summed E-state index contributed by atoms with van der Waals surface area (Å²) < 4.78 is 0. The van der Waals surface area contributed by atoms with E-state index in [0.717, 1.165) is 30.1 Å². The minimum Gasteiger partial charge on any atom is -0.307 e. The van der Waals surface area contributed by atoms with E-state index in [1.165, 1.54) is 16.7 Å². The number of thiol groups is 1. The third-order valence-corrected chi connectivity index (χ3v) is 4.06. The molecule has 23 heavy (non-hydrogen) atoms. The third-order valence-electron chi connectivity index (χ3n) is 3.62. The van der Waals surface area contributed by atoms with E-state index in [4.69, 9.17) is 0 Å². The Morgan fingerprint density at radius 3 is 2.65 bits per heavy atom. The molecule has 3 nitrogen and oxygen atoms in total. The Morgan fingerprint density at radius 1 is 0.913 bits per heavy atom. The van der Waals surface area contributed by atoms with Crippen molar-refractivity contribution in [1.82, 2.24) is 15.3 Å². The van der Waals surface area contributed by atoms with Crippen LogP contribution in [-0.2, 0) is 19.5 Å². The highest BCUT2D eigenvalue weighted by Crippen LogP contribution is 2.18. The molecular formula is C19H19N3S. The molecule has 0 aliphatic heterocycles. The summed E-state index contributed by atoms with van der Waals surface area (Å²) in [7, 11) is 0. The van der Waals surface area contributed by atoms with E-state index in [1.54, 1.807) is 6.20 Å². The number of aromatic nitrogens is 2.